The van der Waals surface area contributed by atoms with Gasteiger partial charge in [0.2, 0.25) is 0 Å². The Bertz CT molecular complexity index is 337. The zero-order valence-corrected chi connectivity index (χ0v) is 10.6. The van der Waals surface area contributed by atoms with Crippen molar-refractivity contribution in [3.8, 4) is 0 Å². The Labute approximate surface area is 99.5 Å². The van der Waals surface area contributed by atoms with Crippen molar-refractivity contribution in [1.29, 1.82) is 0 Å². The van der Waals surface area contributed by atoms with E-state index < -0.39 is 11.0 Å². The fourth-order valence-electron chi connectivity index (χ4n) is 1.42. The van der Waals surface area contributed by atoms with Crippen LogP contribution in [-0.4, -0.2) is 22.0 Å². The van der Waals surface area contributed by atoms with Gasteiger partial charge in [-0.25, -0.2) is 8.93 Å². The van der Waals surface area contributed by atoms with E-state index in [1.54, 1.807) is 0 Å². The van der Waals surface area contributed by atoms with Gasteiger partial charge >= 0.3 is 0 Å². The fraction of sp³-hybridized carbons (Fsp3) is 0.500. The lowest BCUT2D eigenvalue weighted by atomic mass is 10.2. The van der Waals surface area contributed by atoms with E-state index in [4.69, 9.17) is 5.11 Å². The predicted molar refractivity (Wildman–Crippen MR) is 66.5 cm³/mol. The molecule has 0 aliphatic rings. The Kier molecular flexibility index (Phi) is 5.66. The lowest BCUT2D eigenvalue weighted by Gasteiger charge is -2.14. The molecule has 16 heavy (non-hydrogen) atoms. The predicted octanol–water partition coefficient (Wildman–Crippen LogP) is 1.77. The second-order valence-electron chi connectivity index (χ2n) is 3.87. The van der Waals surface area contributed by atoms with Gasteiger partial charge < -0.3 is 5.11 Å². The molecular weight excluding hydrogens is 222 g/mol. The molecule has 2 atom stereocenters. The molecule has 0 amide bonds. The van der Waals surface area contributed by atoms with Gasteiger partial charge in [-0.1, -0.05) is 31.0 Å². The van der Waals surface area contributed by atoms with Crippen molar-refractivity contribution in [3.05, 3.63) is 29.8 Å². The third-order valence-corrected chi connectivity index (χ3v) is 3.61. The van der Waals surface area contributed by atoms with E-state index in [2.05, 4.69) is 4.72 Å². The van der Waals surface area contributed by atoms with E-state index in [-0.39, 0.29) is 12.6 Å². The summed E-state index contributed by atoms with van der Waals surface area (Å²) in [5.41, 5.74) is 1.15. The third-order valence-electron chi connectivity index (χ3n) is 2.37. The van der Waals surface area contributed by atoms with Crippen molar-refractivity contribution in [2.75, 3.05) is 6.61 Å². The van der Waals surface area contributed by atoms with Gasteiger partial charge in [0.05, 0.1) is 11.5 Å². The Morgan fingerprint density at radius 1 is 1.38 bits per heavy atom. The first kappa shape index (κ1) is 13.4. The maximum absolute atomic E-state index is 11.9. The number of nitrogens with one attached hydrogen (secondary N) is 1. The highest BCUT2D eigenvalue weighted by Gasteiger charge is 2.10. The maximum atomic E-state index is 11.9. The monoisotopic (exact) mass is 241 g/mol. The molecule has 0 heterocycles. The van der Waals surface area contributed by atoms with Crippen LogP contribution in [0.2, 0.25) is 0 Å². The number of hydrogen-bond donors (Lipinski definition) is 2. The first-order chi connectivity index (χ1) is 7.67. The highest BCUT2D eigenvalue weighted by Crippen LogP contribution is 2.08. The molecule has 0 radical (unpaired) electrons. The largest absolute Gasteiger partial charge is 0.395 e. The van der Waals surface area contributed by atoms with Gasteiger partial charge in [-0.05, 0) is 25.5 Å². The fourth-order valence-corrected chi connectivity index (χ4v) is 2.43. The molecule has 2 N–H and O–H groups in total. The van der Waals surface area contributed by atoms with Gasteiger partial charge in [0, 0.05) is 6.04 Å². The number of aryl methyl sites for hydroxylation is 1. The topological polar surface area (TPSA) is 49.3 Å². The van der Waals surface area contributed by atoms with Crippen LogP contribution < -0.4 is 4.72 Å². The summed E-state index contributed by atoms with van der Waals surface area (Å²) in [5.74, 6) is 0. The zero-order valence-electron chi connectivity index (χ0n) is 9.77. The van der Waals surface area contributed by atoms with Gasteiger partial charge in [0.25, 0.3) is 0 Å². The summed E-state index contributed by atoms with van der Waals surface area (Å²) in [6.45, 7) is 4.05. The molecule has 0 aromatic heterocycles. The average Bonchev–Trinajstić information content (AvgIpc) is 2.29. The maximum Gasteiger partial charge on any atom is 0.125 e. The summed E-state index contributed by atoms with van der Waals surface area (Å²) in [6, 6.07) is 7.47. The molecule has 0 saturated carbocycles. The van der Waals surface area contributed by atoms with Crippen molar-refractivity contribution in [1.82, 2.24) is 4.72 Å². The van der Waals surface area contributed by atoms with Crippen LogP contribution in [0, 0.1) is 6.92 Å². The average molecular weight is 241 g/mol. The van der Waals surface area contributed by atoms with Crippen molar-refractivity contribution in [3.63, 3.8) is 0 Å². The van der Waals surface area contributed by atoms with Crippen molar-refractivity contribution >= 4 is 11.0 Å². The van der Waals surface area contributed by atoms with Crippen LogP contribution in [0.15, 0.2) is 29.2 Å². The highest BCUT2D eigenvalue weighted by molar-refractivity contribution is 7.83. The highest BCUT2D eigenvalue weighted by atomic mass is 32.2. The van der Waals surface area contributed by atoms with Crippen molar-refractivity contribution in [2.24, 2.45) is 0 Å². The van der Waals surface area contributed by atoms with E-state index >= 15 is 0 Å². The van der Waals surface area contributed by atoms with E-state index in [0.29, 0.717) is 0 Å². The quantitative estimate of drug-likeness (QED) is 0.797. The van der Waals surface area contributed by atoms with Crippen LogP contribution in [-0.2, 0) is 11.0 Å². The van der Waals surface area contributed by atoms with Crippen LogP contribution in [0.5, 0.6) is 0 Å². The molecule has 2 unspecified atom stereocenters. The zero-order chi connectivity index (χ0) is 12.0. The Hall–Kier alpha value is -0.710. The molecule has 0 saturated heterocycles. The standard InChI is InChI=1S/C12H19NO2S/c1-3-4-11(9-14)13-16(15)12-7-5-10(2)6-8-12/h5-8,11,13-14H,3-4,9H2,1-2H3. The Balaban J connectivity index is 2.60. The first-order valence-electron chi connectivity index (χ1n) is 5.52. The Morgan fingerprint density at radius 2 is 2.00 bits per heavy atom. The van der Waals surface area contributed by atoms with Gasteiger partial charge in [-0.3, -0.25) is 0 Å². The molecule has 1 aromatic rings. The van der Waals surface area contributed by atoms with Gasteiger partial charge in [-0.15, -0.1) is 0 Å². The lowest BCUT2D eigenvalue weighted by Crippen LogP contribution is -2.33. The minimum absolute atomic E-state index is 0.0193. The molecular formula is C12H19NO2S. The second kappa shape index (κ2) is 6.78. The SMILES string of the molecule is CCCC(CO)NS(=O)c1ccc(C)cc1. The van der Waals surface area contributed by atoms with Crippen molar-refractivity contribution in [2.45, 2.75) is 37.6 Å². The summed E-state index contributed by atoms with van der Waals surface area (Å²) in [4.78, 5) is 0.750. The van der Waals surface area contributed by atoms with Crippen LogP contribution in [0.1, 0.15) is 25.3 Å². The number of aliphatic hydroxyl groups is 1. The minimum atomic E-state index is -1.23. The summed E-state index contributed by atoms with van der Waals surface area (Å²) < 4.78 is 14.8. The molecule has 0 bridgehead atoms. The number of hydrogen-bond acceptors (Lipinski definition) is 2. The summed E-state index contributed by atoms with van der Waals surface area (Å²) >= 11 is 0. The van der Waals surface area contributed by atoms with E-state index in [1.165, 1.54) is 0 Å². The van der Waals surface area contributed by atoms with Crippen molar-refractivity contribution < 1.29 is 9.32 Å². The Morgan fingerprint density at radius 3 is 2.50 bits per heavy atom. The lowest BCUT2D eigenvalue weighted by molar-refractivity contribution is 0.251. The first-order valence-corrected chi connectivity index (χ1v) is 6.67. The molecule has 1 aromatic carbocycles. The number of benzene rings is 1. The number of aliphatic hydroxyl groups excluding tert-OH is 1. The summed E-state index contributed by atoms with van der Waals surface area (Å²) in [7, 11) is -1.23. The summed E-state index contributed by atoms with van der Waals surface area (Å²) in [5, 5.41) is 9.10. The van der Waals surface area contributed by atoms with Crippen LogP contribution in [0.3, 0.4) is 0 Å². The second-order valence-corrected chi connectivity index (χ2v) is 5.11. The summed E-state index contributed by atoms with van der Waals surface area (Å²) in [6.07, 6.45) is 1.79. The molecule has 90 valence electrons. The van der Waals surface area contributed by atoms with Crippen LogP contribution >= 0.6 is 0 Å². The van der Waals surface area contributed by atoms with Gasteiger partial charge in [0.1, 0.15) is 11.0 Å². The molecule has 0 aliphatic carbocycles. The molecule has 4 heteroatoms. The molecule has 0 fully saturated rings. The third kappa shape index (κ3) is 4.04. The molecule has 0 spiro atoms. The van der Waals surface area contributed by atoms with Gasteiger partial charge in [0.15, 0.2) is 0 Å². The molecule has 0 aliphatic heterocycles. The molecule has 1 rings (SSSR count). The van der Waals surface area contributed by atoms with Crippen LogP contribution in [0.25, 0.3) is 0 Å². The van der Waals surface area contributed by atoms with Gasteiger partial charge in [-0.2, -0.15) is 0 Å². The minimum Gasteiger partial charge on any atom is -0.395 e. The molecule has 3 nitrogen and oxygen atoms in total. The number of rotatable bonds is 6. The normalized spacial score (nSPS) is 14.7. The smallest absolute Gasteiger partial charge is 0.125 e. The van der Waals surface area contributed by atoms with Crippen LogP contribution in [0.4, 0.5) is 0 Å². The van der Waals surface area contributed by atoms with E-state index in [9.17, 15) is 4.21 Å². The van der Waals surface area contributed by atoms with E-state index in [1.807, 2.05) is 38.1 Å². The van der Waals surface area contributed by atoms with E-state index in [0.717, 1.165) is 23.3 Å².